The molecule has 1 aromatic carbocycles. The molecular weight excluding hydrogens is 382 g/mol. The van der Waals surface area contributed by atoms with Gasteiger partial charge in [-0.05, 0) is 38.8 Å². The van der Waals surface area contributed by atoms with Gasteiger partial charge < -0.3 is 10.6 Å². The van der Waals surface area contributed by atoms with Gasteiger partial charge in [0.25, 0.3) is 0 Å². The Labute approximate surface area is 167 Å². The van der Waals surface area contributed by atoms with Crippen LogP contribution in [0.4, 0.5) is 15.6 Å². The Bertz CT molecular complexity index is 794. The number of nitrogens with zero attached hydrogens (tertiary/aromatic N) is 2. The Morgan fingerprint density at radius 2 is 2.04 bits per heavy atom. The van der Waals surface area contributed by atoms with E-state index in [9.17, 15) is 9.59 Å². The number of anilines is 2. The van der Waals surface area contributed by atoms with Crippen LogP contribution < -0.4 is 16.0 Å². The number of imide groups is 1. The third-order valence-corrected chi connectivity index (χ3v) is 5.79. The first-order chi connectivity index (χ1) is 12.9. The third-order valence-electron chi connectivity index (χ3n) is 3.73. The molecule has 27 heavy (non-hydrogen) atoms. The van der Waals surface area contributed by atoms with E-state index in [-0.39, 0.29) is 5.91 Å². The zero-order valence-corrected chi connectivity index (χ0v) is 17.6. The molecule has 0 saturated carbocycles. The van der Waals surface area contributed by atoms with Crippen molar-refractivity contribution in [3.8, 4) is 0 Å². The van der Waals surface area contributed by atoms with Crippen molar-refractivity contribution in [1.29, 1.82) is 0 Å². The maximum Gasteiger partial charge on any atom is 0.325 e. The van der Waals surface area contributed by atoms with Gasteiger partial charge in [0, 0.05) is 12.2 Å². The van der Waals surface area contributed by atoms with Crippen LogP contribution in [-0.2, 0) is 4.79 Å². The number of thioether (sulfide) groups is 1. The summed E-state index contributed by atoms with van der Waals surface area (Å²) in [6.45, 7) is 8.60. The Morgan fingerprint density at radius 1 is 1.26 bits per heavy atom. The molecule has 0 spiro atoms. The molecule has 2 aromatic rings. The summed E-state index contributed by atoms with van der Waals surface area (Å²) < 4.78 is 0.687. The number of aromatic nitrogens is 2. The smallest absolute Gasteiger partial charge is 0.325 e. The van der Waals surface area contributed by atoms with E-state index in [1.807, 2.05) is 32.0 Å². The van der Waals surface area contributed by atoms with Crippen LogP contribution in [0.2, 0.25) is 0 Å². The zero-order valence-electron chi connectivity index (χ0n) is 16.0. The quantitative estimate of drug-likeness (QED) is 0.448. The second-order valence-corrected chi connectivity index (χ2v) is 8.74. The molecule has 1 unspecified atom stereocenters. The minimum absolute atomic E-state index is 0.377. The van der Waals surface area contributed by atoms with Crippen molar-refractivity contribution in [2.75, 3.05) is 17.2 Å². The Morgan fingerprint density at radius 3 is 2.74 bits per heavy atom. The van der Waals surface area contributed by atoms with E-state index in [1.165, 1.54) is 23.1 Å². The Hall–Kier alpha value is -2.13. The predicted octanol–water partition coefficient (Wildman–Crippen LogP) is 4.20. The van der Waals surface area contributed by atoms with Gasteiger partial charge in [0.15, 0.2) is 4.34 Å². The fourth-order valence-corrected chi connectivity index (χ4v) is 4.15. The van der Waals surface area contributed by atoms with Crippen LogP contribution in [0.3, 0.4) is 0 Å². The fraction of sp³-hybridized carbons (Fsp3) is 0.444. The lowest BCUT2D eigenvalue weighted by molar-refractivity contribution is -0.119. The first kappa shape index (κ1) is 21.2. The normalized spacial score (nSPS) is 11.7. The van der Waals surface area contributed by atoms with Crippen LogP contribution in [0.15, 0.2) is 22.5 Å². The minimum atomic E-state index is -0.543. The van der Waals surface area contributed by atoms with Crippen LogP contribution in [0.1, 0.15) is 37.8 Å². The Balaban J connectivity index is 1.83. The van der Waals surface area contributed by atoms with Gasteiger partial charge in [-0.25, -0.2) is 4.79 Å². The number of urea groups is 1. The lowest BCUT2D eigenvalue weighted by atomic mass is 10.1. The van der Waals surface area contributed by atoms with E-state index in [0.717, 1.165) is 35.6 Å². The molecule has 1 aromatic heterocycles. The topological polar surface area (TPSA) is 96.0 Å². The second-order valence-electron chi connectivity index (χ2n) is 6.18. The van der Waals surface area contributed by atoms with Crippen molar-refractivity contribution >= 4 is 45.9 Å². The molecule has 3 N–H and O–H groups in total. The summed E-state index contributed by atoms with van der Waals surface area (Å²) in [7, 11) is 0. The minimum Gasteiger partial charge on any atom is -0.360 e. The van der Waals surface area contributed by atoms with E-state index >= 15 is 0 Å². The molecule has 1 heterocycles. The van der Waals surface area contributed by atoms with Gasteiger partial charge in [-0.3, -0.25) is 10.1 Å². The van der Waals surface area contributed by atoms with E-state index in [0.29, 0.717) is 10.0 Å². The largest absolute Gasteiger partial charge is 0.360 e. The van der Waals surface area contributed by atoms with Crippen molar-refractivity contribution in [2.24, 2.45) is 0 Å². The highest BCUT2D eigenvalue weighted by Gasteiger charge is 2.19. The number of aryl methyl sites for hydroxylation is 2. The maximum absolute atomic E-state index is 12.3. The fourth-order valence-electron chi connectivity index (χ4n) is 2.23. The van der Waals surface area contributed by atoms with Gasteiger partial charge in [-0.2, -0.15) is 0 Å². The second kappa shape index (κ2) is 10.3. The molecular formula is C18H25N5O2S2. The highest BCUT2D eigenvalue weighted by atomic mass is 32.2. The molecule has 0 aliphatic carbocycles. The standard InChI is InChI=1S/C18H25N5O2S2/c1-5-6-9-19-17-22-23-18(27-17)26-13(4)15(24)21-16(25)20-14-8-7-11(2)10-12(14)3/h7-8,10,13H,5-6,9H2,1-4H3,(H,19,22)(H2,20,21,24,25). The number of unbranched alkanes of at least 4 members (excludes halogenated alkanes) is 1. The van der Waals surface area contributed by atoms with Gasteiger partial charge in [-0.1, -0.05) is 54.1 Å². The summed E-state index contributed by atoms with van der Waals surface area (Å²) in [6.07, 6.45) is 2.17. The molecule has 3 amide bonds. The average molecular weight is 408 g/mol. The van der Waals surface area contributed by atoms with E-state index in [2.05, 4.69) is 33.1 Å². The maximum atomic E-state index is 12.3. The molecule has 1 atom stereocenters. The number of rotatable bonds is 8. The van der Waals surface area contributed by atoms with Gasteiger partial charge in [0.2, 0.25) is 11.0 Å². The molecule has 146 valence electrons. The lowest BCUT2D eigenvalue weighted by Gasteiger charge is -2.12. The summed E-state index contributed by atoms with van der Waals surface area (Å²) in [5.74, 6) is -0.377. The first-order valence-corrected chi connectivity index (χ1v) is 10.5. The van der Waals surface area contributed by atoms with Crippen molar-refractivity contribution in [2.45, 2.75) is 50.1 Å². The van der Waals surface area contributed by atoms with Gasteiger partial charge in [0.1, 0.15) is 0 Å². The number of amides is 3. The highest BCUT2D eigenvalue weighted by Crippen LogP contribution is 2.29. The number of hydrogen-bond donors (Lipinski definition) is 3. The van der Waals surface area contributed by atoms with Gasteiger partial charge in [-0.15, -0.1) is 10.2 Å². The van der Waals surface area contributed by atoms with Crippen LogP contribution in [-0.4, -0.2) is 33.9 Å². The highest BCUT2D eigenvalue weighted by molar-refractivity contribution is 8.02. The molecule has 0 radical (unpaired) electrons. The number of nitrogens with one attached hydrogen (secondary N) is 3. The summed E-state index contributed by atoms with van der Waals surface area (Å²) in [4.78, 5) is 24.3. The van der Waals surface area contributed by atoms with E-state index < -0.39 is 11.3 Å². The first-order valence-electron chi connectivity index (χ1n) is 8.82. The average Bonchev–Trinajstić information content (AvgIpc) is 3.05. The van der Waals surface area contributed by atoms with Gasteiger partial charge in [0.05, 0.1) is 5.25 Å². The third kappa shape index (κ3) is 6.84. The van der Waals surface area contributed by atoms with Crippen molar-refractivity contribution in [1.82, 2.24) is 15.5 Å². The molecule has 7 nitrogen and oxygen atoms in total. The molecule has 0 fully saturated rings. The molecule has 0 bridgehead atoms. The number of hydrogen-bond acceptors (Lipinski definition) is 7. The Kier molecular flexibility index (Phi) is 8.05. The van der Waals surface area contributed by atoms with Gasteiger partial charge >= 0.3 is 6.03 Å². The number of carbonyl (C=O) groups excluding carboxylic acids is 2. The molecule has 0 saturated heterocycles. The number of carbonyl (C=O) groups is 2. The predicted molar refractivity (Wildman–Crippen MR) is 112 cm³/mol. The summed E-state index contributed by atoms with van der Waals surface area (Å²) in [5.41, 5.74) is 2.73. The zero-order chi connectivity index (χ0) is 19.8. The van der Waals surface area contributed by atoms with Crippen LogP contribution in [0.5, 0.6) is 0 Å². The van der Waals surface area contributed by atoms with Crippen LogP contribution >= 0.6 is 23.1 Å². The molecule has 9 heteroatoms. The van der Waals surface area contributed by atoms with Crippen LogP contribution in [0, 0.1) is 13.8 Å². The van der Waals surface area contributed by atoms with E-state index in [1.54, 1.807) is 6.92 Å². The monoisotopic (exact) mass is 407 g/mol. The number of benzene rings is 1. The van der Waals surface area contributed by atoms with Crippen molar-refractivity contribution in [3.05, 3.63) is 29.3 Å². The van der Waals surface area contributed by atoms with E-state index in [4.69, 9.17) is 0 Å². The van der Waals surface area contributed by atoms with Crippen molar-refractivity contribution in [3.63, 3.8) is 0 Å². The van der Waals surface area contributed by atoms with Crippen LogP contribution in [0.25, 0.3) is 0 Å². The molecule has 2 rings (SSSR count). The summed E-state index contributed by atoms with van der Waals surface area (Å²) >= 11 is 2.68. The lowest BCUT2D eigenvalue weighted by Crippen LogP contribution is -2.39. The summed E-state index contributed by atoms with van der Waals surface area (Å²) in [5, 5.41) is 16.7. The SMILES string of the molecule is CCCCNc1nnc(SC(C)C(=O)NC(=O)Nc2ccc(C)cc2C)s1. The van der Waals surface area contributed by atoms with Crippen molar-refractivity contribution < 1.29 is 9.59 Å². The molecule has 0 aliphatic heterocycles. The summed E-state index contributed by atoms with van der Waals surface area (Å²) in [6, 6.07) is 5.15. The molecule has 0 aliphatic rings.